The van der Waals surface area contributed by atoms with Gasteiger partial charge in [0.05, 0.1) is 3.57 Å². The van der Waals surface area contributed by atoms with Gasteiger partial charge in [0.1, 0.15) is 17.2 Å². The van der Waals surface area contributed by atoms with Gasteiger partial charge in [-0.05, 0) is 76.7 Å². The van der Waals surface area contributed by atoms with Gasteiger partial charge in [-0.25, -0.2) is 4.79 Å². The molecule has 156 valence electrons. The highest BCUT2D eigenvalue weighted by atomic mass is 127. The van der Waals surface area contributed by atoms with Crippen LogP contribution in [-0.4, -0.2) is 23.8 Å². The topological polar surface area (TPSA) is 94.1 Å². The van der Waals surface area contributed by atoms with Gasteiger partial charge in [-0.1, -0.05) is 24.3 Å². The fourth-order valence-corrected chi connectivity index (χ4v) is 3.33. The third-order valence-electron chi connectivity index (χ3n) is 4.37. The Labute approximate surface area is 191 Å². The van der Waals surface area contributed by atoms with Crippen molar-refractivity contribution in [3.05, 3.63) is 87.1 Å². The van der Waals surface area contributed by atoms with Crippen molar-refractivity contribution in [3.8, 4) is 23.0 Å². The van der Waals surface area contributed by atoms with Crippen LogP contribution in [0.1, 0.15) is 15.9 Å². The van der Waals surface area contributed by atoms with E-state index in [0.29, 0.717) is 22.8 Å². The molecule has 0 aliphatic carbocycles. The van der Waals surface area contributed by atoms with Crippen LogP contribution >= 0.6 is 22.6 Å². The van der Waals surface area contributed by atoms with E-state index in [-0.39, 0.29) is 18.1 Å². The smallest absolute Gasteiger partial charge is 0.352 e. The molecule has 31 heavy (non-hydrogen) atoms. The molecule has 1 aliphatic heterocycles. The average molecular weight is 529 g/mol. The molecule has 8 heteroatoms. The van der Waals surface area contributed by atoms with Gasteiger partial charge in [-0.2, -0.15) is 0 Å². The van der Waals surface area contributed by atoms with Crippen LogP contribution in [0, 0.1) is 3.57 Å². The molecule has 3 aromatic carbocycles. The zero-order valence-corrected chi connectivity index (χ0v) is 18.2. The maximum Gasteiger partial charge on any atom is 0.352 e. The Hall–Kier alpha value is -3.53. The molecule has 1 amide bonds. The number of nitrogens with one attached hydrogen (secondary N) is 1. The standard InChI is InChI=1S/C23H16INO6/c24-17-3-1-2-4-19(17)31-16-8-5-14(6-9-16)11-18(23(27)28)25-22(26)15-7-10-20-21(12-15)30-13-29-20/h1-12H,13H2,(H,25,26)(H,27,28)/b18-11-. The predicted octanol–water partition coefficient (Wildman–Crippen LogP) is 4.67. The van der Waals surface area contributed by atoms with Crippen molar-refractivity contribution in [2.45, 2.75) is 0 Å². The summed E-state index contributed by atoms with van der Waals surface area (Å²) in [7, 11) is 0. The summed E-state index contributed by atoms with van der Waals surface area (Å²) in [4.78, 5) is 24.2. The van der Waals surface area contributed by atoms with Crippen molar-refractivity contribution >= 4 is 40.5 Å². The van der Waals surface area contributed by atoms with Gasteiger partial charge in [0.25, 0.3) is 5.91 Å². The van der Waals surface area contributed by atoms with E-state index in [0.717, 1.165) is 9.32 Å². The first-order valence-electron chi connectivity index (χ1n) is 9.18. The first kappa shape index (κ1) is 20.7. The Morgan fingerprint density at radius 1 is 1.00 bits per heavy atom. The van der Waals surface area contributed by atoms with Crippen molar-refractivity contribution < 1.29 is 28.9 Å². The number of hydrogen-bond acceptors (Lipinski definition) is 5. The maximum atomic E-state index is 12.5. The lowest BCUT2D eigenvalue weighted by atomic mass is 10.1. The summed E-state index contributed by atoms with van der Waals surface area (Å²) in [6, 6.07) is 19.1. The van der Waals surface area contributed by atoms with E-state index in [1.165, 1.54) is 12.1 Å². The van der Waals surface area contributed by atoms with E-state index in [4.69, 9.17) is 14.2 Å². The molecule has 2 N–H and O–H groups in total. The maximum absolute atomic E-state index is 12.5. The Kier molecular flexibility index (Phi) is 6.08. The number of para-hydroxylation sites is 1. The molecule has 7 nitrogen and oxygen atoms in total. The largest absolute Gasteiger partial charge is 0.477 e. The third kappa shape index (κ3) is 4.97. The zero-order valence-electron chi connectivity index (χ0n) is 16.0. The van der Waals surface area contributed by atoms with E-state index in [1.807, 2.05) is 24.3 Å². The number of carbonyl (C=O) groups excluding carboxylic acids is 1. The van der Waals surface area contributed by atoms with Crippen molar-refractivity contribution in [2.75, 3.05) is 6.79 Å². The number of fused-ring (bicyclic) bond motifs is 1. The first-order chi connectivity index (χ1) is 15.0. The number of aliphatic carboxylic acids is 1. The van der Waals surface area contributed by atoms with Crippen molar-refractivity contribution in [1.29, 1.82) is 0 Å². The lowest BCUT2D eigenvalue weighted by Gasteiger charge is -2.09. The second-order valence-corrected chi connectivity index (χ2v) is 7.65. The second-order valence-electron chi connectivity index (χ2n) is 6.49. The predicted molar refractivity (Wildman–Crippen MR) is 121 cm³/mol. The van der Waals surface area contributed by atoms with Gasteiger partial charge in [0.2, 0.25) is 6.79 Å². The van der Waals surface area contributed by atoms with E-state index in [2.05, 4.69) is 27.9 Å². The van der Waals surface area contributed by atoms with Crippen molar-refractivity contribution in [2.24, 2.45) is 0 Å². The second kappa shape index (κ2) is 9.09. The molecular weight excluding hydrogens is 513 g/mol. The van der Waals surface area contributed by atoms with Crippen LogP contribution in [0.4, 0.5) is 0 Å². The number of carbonyl (C=O) groups is 2. The highest BCUT2D eigenvalue weighted by molar-refractivity contribution is 14.1. The summed E-state index contributed by atoms with van der Waals surface area (Å²) < 4.78 is 17.3. The van der Waals surface area contributed by atoms with Crippen LogP contribution in [0.5, 0.6) is 23.0 Å². The van der Waals surface area contributed by atoms with E-state index in [9.17, 15) is 14.7 Å². The fourth-order valence-electron chi connectivity index (χ4n) is 2.84. The molecule has 1 heterocycles. The summed E-state index contributed by atoms with van der Waals surface area (Å²) in [6.45, 7) is 0.0871. The van der Waals surface area contributed by atoms with Gasteiger partial charge in [-0.15, -0.1) is 0 Å². The average Bonchev–Trinajstić information content (AvgIpc) is 3.24. The molecule has 3 aromatic rings. The number of carboxylic acid groups (broad SMARTS) is 1. The highest BCUT2D eigenvalue weighted by Gasteiger charge is 2.18. The highest BCUT2D eigenvalue weighted by Crippen LogP contribution is 2.32. The van der Waals surface area contributed by atoms with Crippen LogP contribution in [-0.2, 0) is 4.79 Å². The number of rotatable bonds is 6. The Morgan fingerprint density at radius 2 is 1.74 bits per heavy atom. The lowest BCUT2D eigenvalue weighted by Crippen LogP contribution is -2.27. The monoisotopic (exact) mass is 529 g/mol. The molecule has 0 aromatic heterocycles. The van der Waals surface area contributed by atoms with Gasteiger partial charge in [0, 0.05) is 5.56 Å². The molecule has 4 rings (SSSR count). The molecule has 0 spiro atoms. The normalized spacial score (nSPS) is 12.4. The number of halogens is 1. The van der Waals surface area contributed by atoms with Gasteiger partial charge >= 0.3 is 5.97 Å². The summed E-state index contributed by atoms with van der Waals surface area (Å²) >= 11 is 2.19. The minimum Gasteiger partial charge on any atom is -0.477 e. The molecule has 0 atom stereocenters. The first-order valence-corrected chi connectivity index (χ1v) is 10.3. The number of carboxylic acids is 1. The number of amides is 1. The summed E-state index contributed by atoms with van der Waals surface area (Å²) in [6.07, 6.45) is 1.38. The summed E-state index contributed by atoms with van der Waals surface area (Å²) in [5, 5.41) is 11.9. The minimum absolute atomic E-state index is 0.0871. The molecule has 0 bridgehead atoms. The zero-order chi connectivity index (χ0) is 21.8. The molecule has 0 unspecified atom stereocenters. The van der Waals surface area contributed by atoms with Crippen LogP contribution in [0.2, 0.25) is 0 Å². The Bertz CT molecular complexity index is 1170. The third-order valence-corrected chi connectivity index (χ3v) is 5.26. The number of ether oxygens (including phenoxy) is 3. The van der Waals surface area contributed by atoms with E-state index >= 15 is 0 Å². The molecule has 0 fully saturated rings. The van der Waals surface area contributed by atoms with Crippen LogP contribution < -0.4 is 19.5 Å². The molecule has 0 saturated carbocycles. The summed E-state index contributed by atoms with van der Waals surface area (Å²) in [5.41, 5.74) is 0.602. The molecular formula is C23H16INO6. The lowest BCUT2D eigenvalue weighted by molar-refractivity contribution is -0.132. The quantitative estimate of drug-likeness (QED) is 0.356. The van der Waals surface area contributed by atoms with E-state index < -0.39 is 11.9 Å². The van der Waals surface area contributed by atoms with Crippen LogP contribution in [0.3, 0.4) is 0 Å². The van der Waals surface area contributed by atoms with Gasteiger partial charge in [0.15, 0.2) is 11.5 Å². The van der Waals surface area contributed by atoms with E-state index in [1.54, 1.807) is 36.4 Å². The molecule has 0 radical (unpaired) electrons. The minimum atomic E-state index is -1.26. The van der Waals surface area contributed by atoms with Crippen molar-refractivity contribution in [3.63, 3.8) is 0 Å². The summed E-state index contributed by atoms with van der Waals surface area (Å²) in [5.74, 6) is 0.505. The number of benzene rings is 3. The van der Waals surface area contributed by atoms with Crippen LogP contribution in [0.25, 0.3) is 6.08 Å². The molecule has 0 saturated heterocycles. The van der Waals surface area contributed by atoms with Gasteiger partial charge < -0.3 is 24.6 Å². The van der Waals surface area contributed by atoms with Gasteiger partial charge in [-0.3, -0.25) is 4.79 Å². The van der Waals surface area contributed by atoms with Crippen LogP contribution in [0.15, 0.2) is 72.4 Å². The fraction of sp³-hybridized carbons (Fsp3) is 0.0435. The number of hydrogen-bond donors (Lipinski definition) is 2. The Morgan fingerprint density at radius 3 is 2.48 bits per heavy atom. The Balaban J connectivity index is 1.49. The van der Waals surface area contributed by atoms with Crippen molar-refractivity contribution in [1.82, 2.24) is 5.32 Å². The molecule has 1 aliphatic rings. The SMILES string of the molecule is O=C(O)/C(=C/c1ccc(Oc2ccccc2I)cc1)NC(=O)c1ccc2c(c1)OCO2.